The van der Waals surface area contributed by atoms with Gasteiger partial charge in [-0.05, 0) is 50.3 Å². The van der Waals surface area contributed by atoms with Crippen molar-refractivity contribution in [3.63, 3.8) is 0 Å². The Bertz CT molecular complexity index is 794. The molecule has 1 N–H and O–H groups in total. The highest BCUT2D eigenvalue weighted by molar-refractivity contribution is 5.81. The third-order valence-electron chi connectivity index (χ3n) is 5.71. The van der Waals surface area contributed by atoms with Gasteiger partial charge in [-0.1, -0.05) is 6.07 Å². The number of rotatable bonds is 3. The standard InChI is InChI=1S/C20H28N4O2/c1-14-6-7-16-19(15(14)2)22-18(21-16)13-23-8-4-9-24(11-10-23)20(25)17-5-3-12-26-17/h6-7,17H,3-5,8-13H2,1-2H3,(H,21,22)/t17-/m1/s1. The number of carbonyl (C=O) groups is 1. The molecule has 2 aliphatic heterocycles. The second-order valence-corrected chi connectivity index (χ2v) is 7.54. The van der Waals surface area contributed by atoms with E-state index in [1.54, 1.807) is 0 Å². The summed E-state index contributed by atoms with van der Waals surface area (Å²) in [4.78, 5) is 25.2. The van der Waals surface area contributed by atoms with E-state index in [4.69, 9.17) is 9.72 Å². The normalized spacial score (nSPS) is 22.1. The number of hydrogen-bond donors (Lipinski definition) is 1. The monoisotopic (exact) mass is 356 g/mol. The molecule has 3 heterocycles. The van der Waals surface area contributed by atoms with E-state index in [2.05, 4.69) is 35.9 Å². The lowest BCUT2D eigenvalue weighted by molar-refractivity contribution is -0.140. The molecule has 140 valence electrons. The number of carbonyl (C=O) groups excluding carboxylic acids is 1. The molecule has 0 bridgehead atoms. The fraction of sp³-hybridized carbons (Fsp3) is 0.600. The largest absolute Gasteiger partial charge is 0.368 e. The van der Waals surface area contributed by atoms with Crippen LogP contribution in [0.3, 0.4) is 0 Å². The number of nitrogens with zero attached hydrogens (tertiary/aromatic N) is 3. The zero-order valence-electron chi connectivity index (χ0n) is 15.8. The molecule has 2 aliphatic rings. The lowest BCUT2D eigenvalue weighted by Gasteiger charge is -2.24. The summed E-state index contributed by atoms with van der Waals surface area (Å²) in [5.41, 5.74) is 4.70. The molecule has 2 saturated heterocycles. The van der Waals surface area contributed by atoms with Gasteiger partial charge in [0, 0.05) is 32.8 Å². The average molecular weight is 356 g/mol. The summed E-state index contributed by atoms with van der Waals surface area (Å²) in [6, 6.07) is 4.25. The Labute approximate surface area is 154 Å². The van der Waals surface area contributed by atoms with E-state index in [1.807, 2.05) is 4.90 Å². The van der Waals surface area contributed by atoms with Crippen molar-refractivity contribution in [2.45, 2.75) is 45.8 Å². The highest BCUT2D eigenvalue weighted by atomic mass is 16.5. The number of fused-ring (bicyclic) bond motifs is 1. The van der Waals surface area contributed by atoms with Gasteiger partial charge in [0.25, 0.3) is 5.91 Å². The van der Waals surface area contributed by atoms with Gasteiger partial charge in [-0.2, -0.15) is 0 Å². The van der Waals surface area contributed by atoms with Crippen LogP contribution in [0.15, 0.2) is 12.1 Å². The van der Waals surface area contributed by atoms with Crippen LogP contribution in [0.4, 0.5) is 0 Å². The molecule has 26 heavy (non-hydrogen) atoms. The highest BCUT2D eigenvalue weighted by Crippen LogP contribution is 2.20. The van der Waals surface area contributed by atoms with Crippen molar-refractivity contribution in [1.82, 2.24) is 19.8 Å². The topological polar surface area (TPSA) is 61.5 Å². The molecule has 0 aliphatic carbocycles. The van der Waals surface area contributed by atoms with Crippen LogP contribution in [0.25, 0.3) is 11.0 Å². The number of hydrogen-bond acceptors (Lipinski definition) is 4. The summed E-state index contributed by atoms with van der Waals surface area (Å²) in [5, 5.41) is 0. The van der Waals surface area contributed by atoms with Crippen molar-refractivity contribution in [2.75, 3.05) is 32.8 Å². The van der Waals surface area contributed by atoms with Crippen molar-refractivity contribution < 1.29 is 9.53 Å². The fourth-order valence-corrected chi connectivity index (χ4v) is 3.98. The van der Waals surface area contributed by atoms with Gasteiger partial charge < -0.3 is 14.6 Å². The van der Waals surface area contributed by atoms with Crippen LogP contribution in [0.1, 0.15) is 36.2 Å². The molecular formula is C20H28N4O2. The SMILES string of the molecule is Cc1ccc2[nH]c(CN3CCCN(C(=O)[C@H]4CCCO4)CC3)nc2c1C. The molecular weight excluding hydrogens is 328 g/mol. The van der Waals surface area contributed by atoms with Crippen LogP contribution in [-0.2, 0) is 16.1 Å². The zero-order valence-corrected chi connectivity index (χ0v) is 15.8. The summed E-state index contributed by atoms with van der Waals surface area (Å²) in [6.07, 6.45) is 2.66. The summed E-state index contributed by atoms with van der Waals surface area (Å²) >= 11 is 0. The van der Waals surface area contributed by atoms with Crippen LogP contribution >= 0.6 is 0 Å². The number of imidazole rings is 1. The summed E-state index contributed by atoms with van der Waals surface area (Å²) in [5.74, 6) is 1.19. The van der Waals surface area contributed by atoms with Gasteiger partial charge >= 0.3 is 0 Å². The van der Waals surface area contributed by atoms with E-state index in [9.17, 15) is 4.79 Å². The first kappa shape index (κ1) is 17.5. The minimum atomic E-state index is -0.205. The smallest absolute Gasteiger partial charge is 0.251 e. The van der Waals surface area contributed by atoms with E-state index in [1.165, 1.54) is 11.1 Å². The van der Waals surface area contributed by atoms with Crippen molar-refractivity contribution in [2.24, 2.45) is 0 Å². The number of aryl methyl sites for hydroxylation is 2. The van der Waals surface area contributed by atoms with Gasteiger partial charge in [0.15, 0.2) is 0 Å². The maximum absolute atomic E-state index is 12.6. The Balaban J connectivity index is 1.40. The fourth-order valence-electron chi connectivity index (χ4n) is 3.98. The molecule has 1 amide bonds. The molecule has 2 aromatic rings. The number of amides is 1. The predicted octanol–water partition coefficient (Wildman–Crippen LogP) is 2.39. The van der Waals surface area contributed by atoms with Gasteiger partial charge in [0.2, 0.25) is 0 Å². The first-order valence-electron chi connectivity index (χ1n) is 9.69. The number of nitrogens with one attached hydrogen (secondary N) is 1. The number of H-pyrrole nitrogens is 1. The average Bonchev–Trinajstić information content (AvgIpc) is 3.25. The van der Waals surface area contributed by atoms with Gasteiger partial charge in [-0.25, -0.2) is 4.98 Å². The Morgan fingerprint density at radius 1 is 1.23 bits per heavy atom. The molecule has 6 nitrogen and oxygen atoms in total. The lowest BCUT2D eigenvalue weighted by Crippen LogP contribution is -2.41. The third-order valence-corrected chi connectivity index (χ3v) is 5.71. The third kappa shape index (κ3) is 3.48. The molecule has 1 atom stereocenters. The number of aromatic amines is 1. The van der Waals surface area contributed by atoms with Crippen molar-refractivity contribution in [3.05, 3.63) is 29.1 Å². The van der Waals surface area contributed by atoms with Gasteiger partial charge in [-0.3, -0.25) is 9.69 Å². The quantitative estimate of drug-likeness (QED) is 0.917. The minimum absolute atomic E-state index is 0.180. The lowest BCUT2D eigenvalue weighted by atomic mass is 10.1. The second-order valence-electron chi connectivity index (χ2n) is 7.54. The number of ether oxygens (including phenoxy) is 1. The molecule has 4 rings (SSSR count). The van der Waals surface area contributed by atoms with E-state index >= 15 is 0 Å². The molecule has 1 aromatic carbocycles. The molecule has 6 heteroatoms. The summed E-state index contributed by atoms with van der Waals surface area (Å²) < 4.78 is 5.57. The predicted molar refractivity (Wildman–Crippen MR) is 101 cm³/mol. The first-order valence-corrected chi connectivity index (χ1v) is 9.69. The number of benzene rings is 1. The van der Waals surface area contributed by atoms with E-state index in [0.717, 1.165) is 75.5 Å². The number of aromatic nitrogens is 2. The maximum atomic E-state index is 12.6. The molecule has 1 aromatic heterocycles. The second kappa shape index (κ2) is 7.37. The Kier molecular flexibility index (Phi) is 4.96. The zero-order chi connectivity index (χ0) is 18.1. The van der Waals surface area contributed by atoms with Crippen LogP contribution in [0.5, 0.6) is 0 Å². The van der Waals surface area contributed by atoms with Crippen LogP contribution < -0.4 is 0 Å². The van der Waals surface area contributed by atoms with E-state index in [0.29, 0.717) is 0 Å². The highest BCUT2D eigenvalue weighted by Gasteiger charge is 2.29. The minimum Gasteiger partial charge on any atom is -0.368 e. The van der Waals surface area contributed by atoms with Crippen LogP contribution in [0, 0.1) is 13.8 Å². The van der Waals surface area contributed by atoms with Gasteiger partial charge in [0.05, 0.1) is 17.6 Å². The van der Waals surface area contributed by atoms with Crippen molar-refractivity contribution >= 4 is 16.9 Å². The van der Waals surface area contributed by atoms with Crippen LogP contribution in [-0.4, -0.2) is 64.6 Å². The Morgan fingerprint density at radius 2 is 2.12 bits per heavy atom. The molecule has 0 saturated carbocycles. The first-order chi connectivity index (χ1) is 12.6. The Hall–Kier alpha value is -1.92. The van der Waals surface area contributed by atoms with E-state index < -0.39 is 0 Å². The van der Waals surface area contributed by atoms with Crippen LogP contribution in [0.2, 0.25) is 0 Å². The Morgan fingerprint density at radius 3 is 2.92 bits per heavy atom. The van der Waals surface area contributed by atoms with Gasteiger partial charge in [0.1, 0.15) is 11.9 Å². The summed E-state index contributed by atoms with van der Waals surface area (Å²) in [6.45, 7) is 9.25. The summed E-state index contributed by atoms with van der Waals surface area (Å²) in [7, 11) is 0. The maximum Gasteiger partial charge on any atom is 0.251 e. The van der Waals surface area contributed by atoms with Gasteiger partial charge in [-0.15, -0.1) is 0 Å². The van der Waals surface area contributed by atoms with Crippen molar-refractivity contribution in [3.8, 4) is 0 Å². The molecule has 0 radical (unpaired) electrons. The molecule has 2 fully saturated rings. The molecule has 0 spiro atoms. The van der Waals surface area contributed by atoms with Crippen molar-refractivity contribution in [1.29, 1.82) is 0 Å². The van der Waals surface area contributed by atoms with E-state index in [-0.39, 0.29) is 12.0 Å². The molecule has 0 unspecified atom stereocenters.